The van der Waals surface area contributed by atoms with Gasteiger partial charge in [-0.2, -0.15) is 0 Å². The molecule has 0 aliphatic rings. The van der Waals surface area contributed by atoms with Crippen molar-refractivity contribution < 1.29 is 8.94 Å². The number of aryl methyl sites for hydroxylation is 1. The van der Waals surface area contributed by atoms with Crippen LogP contribution in [0.25, 0.3) is 33.8 Å². The van der Waals surface area contributed by atoms with Gasteiger partial charge in [-0.25, -0.2) is 9.97 Å². The van der Waals surface area contributed by atoms with Gasteiger partial charge < -0.3 is 8.94 Å². The Labute approximate surface area is 189 Å². The van der Waals surface area contributed by atoms with Gasteiger partial charge in [0, 0.05) is 20.6 Å². The highest BCUT2D eigenvalue weighted by Crippen LogP contribution is 2.27. The Morgan fingerprint density at radius 2 is 1.94 bits per heavy atom. The van der Waals surface area contributed by atoms with E-state index in [1.165, 1.54) is 10.9 Å². The molecule has 0 saturated heterocycles. The normalized spacial score (nSPS) is 11.3. The van der Waals surface area contributed by atoms with Crippen LogP contribution in [0.15, 0.2) is 73.1 Å². The van der Waals surface area contributed by atoms with E-state index in [0.29, 0.717) is 39.0 Å². The van der Waals surface area contributed by atoms with Crippen LogP contribution in [0.2, 0.25) is 5.02 Å². The van der Waals surface area contributed by atoms with Crippen LogP contribution in [0.5, 0.6) is 0 Å². The third-order valence-corrected chi connectivity index (χ3v) is 5.61. The minimum absolute atomic E-state index is 0.179. The molecule has 0 N–H and O–H groups in total. The number of halogens is 2. The molecular weight excluding hydrogens is 484 g/mol. The standard InChI is InChI=1S/C22H14BrClN4O3/c1-12-17(26-20(30-12)14-3-2-4-15(23)9-14)10-28-11-25-21-18(22(28)29)19(27-31-21)13-5-7-16(24)8-6-13/h2-9,11H,10H2,1H3. The van der Waals surface area contributed by atoms with Crippen molar-refractivity contribution in [3.63, 3.8) is 0 Å². The number of hydrogen-bond donors (Lipinski definition) is 0. The number of fused-ring (bicyclic) bond motifs is 1. The van der Waals surface area contributed by atoms with Crippen LogP contribution < -0.4 is 5.56 Å². The van der Waals surface area contributed by atoms with Gasteiger partial charge in [-0.15, -0.1) is 0 Å². The largest absolute Gasteiger partial charge is 0.441 e. The van der Waals surface area contributed by atoms with Crippen LogP contribution in [-0.2, 0) is 6.54 Å². The molecule has 154 valence electrons. The second-order valence-electron chi connectivity index (χ2n) is 6.93. The molecule has 9 heteroatoms. The van der Waals surface area contributed by atoms with Gasteiger partial charge in [0.15, 0.2) is 0 Å². The predicted octanol–water partition coefficient (Wildman–Crippen LogP) is 5.48. The molecule has 0 bridgehead atoms. The minimum atomic E-state index is -0.275. The minimum Gasteiger partial charge on any atom is -0.441 e. The highest BCUT2D eigenvalue weighted by Gasteiger charge is 2.19. The van der Waals surface area contributed by atoms with Gasteiger partial charge in [-0.1, -0.05) is 50.9 Å². The third-order valence-electron chi connectivity index (χ3n) is 4.87. The van der Waals surface area contributed by atoms with Gasteiger partial charge in [0.2, 0.25) is 5.89 Å². The van der Waals surface area contributed by atoms with E-state index in [-0.39, 0.29) is 17.8 Å². The first-order valence-corrected chi connectivity index (χ1v) is 10.5. The summed E-state index contributed by atoms with van der Waals surface area (Å²) in [6.07, 6.45) is 1.42. The zero-order valence-corrected chi connectivity index (χ0v) is 18.5. The molecule has 0 saturated carbocycles. The van der Waals surface area contributed by atoms with Crippen molar-refractivity contribution in [2.24, 2.45) is 0 Å². The summed E-state index contributed by atoms with van der Waals surface area (Å²) in [6, 6.07) is 14.7. The molecule has 3 heterocycles. The van der Waals surface area contributed by atoms with Crippen molar-refractivity contribution in [1.82, 2.24) is 19.7 Å². The summed E-state index contributed by atoms with van der Waals surface area (Å²) in [7, 11) is 0. The highest BCUT2D eigenvalue weighted by atomic mass is 79.9. The lowest BCUT2D eigenvalue weighted by atomic mass is 10.1. The summed E-state index contributed by atoms with van der Waals surface area (Å²) in [6.45, 7) is 2.02. The Morgan fingerprint density at radius 3 is 2.71 bits per heavy atom. The molecule has 0 unspecified atom stereocenters. The topological polar surface area (TPSA) is 86.9 Å². The van der Waals surface area contributed by atoms with E-state index in [1.807, 2.05) is 31.2 Å². The summed E-state index contributed by atoms with van der Waals surface area (Å²) in [5, 5.41) is 4.94. The van der Waals surface area contributed by atoms with Gasteiger partial charge >= 0.3 is 0 Å². The molecule has 31 heavy (non-hydrogen) atoms. The molecule has 0 amide bonds. The molecule has 5 aromatic rings. The van der Waals surface area contributed by atoms with E-state index >= 15 is 0 Å². The first kappa shape index (κ1) is 19.7. The third kappa shape index (κ3) is 3.68. The Balaban J connectivity index is 1.55. The monoisotopic (exact) mass is 496 g/mol. The van der Waals surface area contributed by atoms with Crippen molar-refractivity contribution in [3.05, 3.63) is 86.2 Å². The van der Waals surface area contributed by atoms with E-state index in [4.69, 9.17) is 20.5 Å². The van der Waals surface area contributed by atoms with Crippen LogP contribution in [0.4, 0.5) is 0 Å². The van der Waals surface area contributed by atoms with E-state index in [2.05, 4.69) is 31.1 Å². The molecule has 0 radical (unpaired) electrons. The average Bonchev–Trinajstić information content (AvgIpc) is 3.35. The molecule has 0 fully saturated rings. The maximum absolute atomic E-state index is 13.2. The van der Waals surface area contributed by atoms with Gasteiger partial charge in [0.1, 0.15) is 28.9 Å². The number of aromatic nitrogens is 4. The Morgan fingerprint density at radius 1 is 1.13 bits per heavy atom. The summed E-state index contributed by atoms with van der Waals surface area (Å²) in [5.74, 6) is 1.12. The second-order valence-corrected chi connectivity index (χ2v) is 8.28. The molecule has 0 aliphatic heterocycles. The summed E-state index contributed by atoms with van der Waals surface area (Å²) < 4.78 is 13.5. The van der Waals surface area contributed by atoms with E-state index in [1.54, 1.807) is 24.3 Å². The molecule has 5 rings (SSSR count). The SMILES string of the molecule is Cc1oc(-c2cccc(Br)c2)nc1Cn1cnc2onc(-c3ccc(Cl)cc3)c2c1=O. The molecular formula is C22H14BrClN4O3. The Kier molecular flexibility index (Phi) is 4.95. The number of benzene rings is 2. The highest BCUT2D eigenvalue weighted by molar-refractivity contribution is 9.10. The Hall–Kier alpha value is -3.23. The number of rotatable bonds is 4. The van der Waals surface area contributed by atoms with Crippen LogP contribution in [0, 0.1) is 6.92 Å². The van der Waals surface area contributed by atoms with Gasteiger partial charge in [-0.05, 0) is 37.3 Å². The van der Waals surface area contributed by atoms with Gasteiger partial charge in [0.25, 0.3) is 11.3 Å². The zero-order valence-electron chi connectivity index (χ0n) is 16.2. The van der Waals surface area contributed by atoms with Crippen LogP contribution in [0.3, 0.4) is 0 Å². The second kappa shape index (κ2) is 7.79. The van der Waals surface area contributed by atoms with Gasteiger partial charge in [0.05, 0.1) is 6.54 Å². The van der Waals surface area contributed by atoms with E-state index in [0.717, 1.165) is 10.0 Å². The Bertz CT molecular complexity index is 1470. The van der Waals surface area contributed by atoms with Crippen LogP contribution >= 0.6 is 27.5 Å². The smallest absolute Gasteiger partial charge is 0.267 e. The van der Waals surface area contributed by atoms with Crippen molar-refractivity contribution in [3.8, 4) is 22.7 Å². The molecule has 0 atom stereocenters. The fourth-order valence-electron chi connectivity index (χ4n) is 3.28. The van der Waals surface area contributed by atoms with Crippen molar-refractivity contribution in [2.45, 2.75) is 13.5 Å². The van der Waals surface area contributed by atoms with Crippen LogP contribution in [-0.4, -0.2) is 19.7 Å². The quantitative estimate of drug-likeness (QED) is 0.327. The van der Waals surface area contributed by atoms with Crippen molar-refractivity contribution >= 4 is 38.6 Å². The first-order valence-electron chi connectivity index (χ1n) is 9.32. The van der Waals surface area contributed by atoms with E-state index in [9.17, 15) is 4.79 Å². The number of nitrogens with zero attached hydrogens (tertiary/aromatic N) is 4. The first-order chi connectivity index (χ1) is 15.0. The number of oxazole rings is 1. The molecule has 2 aromatic carbocycles. The zero-order chi connectivity index (χ0) is 21.5. The lowest BCUT2D eigenvalue weighted by Crippen LogP contribution is -2.21. The summed E-state index contributed by atoms with van der Waals surface area (Å²) in [4.78, 5) is 22.1. The predicted molar refractivity (Wildman–Crippen MR) is 120 cm³/mol. The number of hydrogen-bond acceptors (Lipinski definition) is 6. The van der Waals surface area contributed by atoms with E-state index < -0.39 is 0 Å². The average molecular weight is 498 g/mol. The maximum atomic E-state index is 13.2. The fourth-order valence-corrected chi connectivity index (χ4v) is 3.80. The summed E-state index contributed by atoms with van der Waals surface area (Å²) >= 11 is 9.42. The summed E-state index contributed by atoms with van der Waals surface area (Å²) in [5.41, 5.74) is 2.52. The van der Waals surface area contributed by atoms with Gasteiger partial charge in [-0.3, -0.25) is 9.36 Å². The lowest BCUT2D eigenvalue weighted by molar-refractivity contribution is 0.450. The van der Waals surface area contributed by atoms with Crippen molar-refractivity contribution in [1.29, 1.82) is 0 Å². The lowest BCUT2D eigenvalue weighted by Gasteiger charge is -2.03. The van der Waals surface area contributed by atoms with Crippen molar-refractivity contribution in [2.75, 3.05) is 0 Å². The van der Waals surface area contributed by atoms with Crippen LogP contribution in [0.1, 0.15) is 11.5 Å². The molecule has 0 spiro atoms. The molecule has 7 nitrogen and oxygen atoms in total. The molecule has 3 aromatic heterocycles. The maximum Gasteiger partial charge on any atom is 0.267 e. The fraction of sp³-hybridized carbons (Fsp3) is 0.0909. The molecule has 0 aliphatic carbocycles.